The van der Waals surface area contributed by atoms with Crippen LogP contribution in [0.25, 0.3) is 0 Å². The van der Waals surface area contributed by atoms with E-state index in [0.717, 1.165) is 25.7 Å². The Bertz CT molecular complexity index is 296. The minimum Gasteiger partial charge on any atom is -0.299 e. The predicted molar refractivity (Wildman–Crippen MR) is 88.4 cm³/mol. The minimum atomic E-state index is -0.229. The van der Waals surface area contributed by atoms with Crippen LogP contribution in [0, 0.1) is 5.92 Å². The molecule has 0 spiro atoms. The van der Waals surface area contributed by atoms with Gasteiger partial charge in [-0.05, 0) is 19.3 Å². The molecule has 0 bridgehead atoms. The van der Waals surface area contributed by atoms with Crippen LogP contribution >= 0.6 is 0 Å². The van der Waals surface area contributed by atoms with Gasteiger partial charge in [0.1, 0.15) is 11.6 Å². The van der Waals surface area contributed by atoms with Gasteiger partial charge in [0.2, 0.25) is 0 Å². The van der Waals surface area contributed by atoms with Gasteiger partial charge in [-0.3, -0.25) is 9.59 Å². The molecule has 1 aliphatic carbocycles. The molecule has 122 valence electrons. The molecule has 0 aromatic heterocycles. The molecule has 1 unspecified atom stereocenters. The first-order valence-corrected chi connectivity index (χ1v) is 9.31. The molecule has 0 aliphatic heterocycles. The van der Waals surface area contributed by atoms with Crippen molar-refractivity contribution in [2.75, 3.05) is 0 Å². The molecule has 0 aromatic rings. The van der Waals surface area contributed by atoms with Gasteiger partial charge in [-0.15, -0.1) is 0 Å². The minimum absolute atomic E-state index is 0.197. The molecule has 0 radical (unpaired) electrons. The summed E-state index contributed by atoms with van der Waals surface area (Å²) in [5.74, 6) is 0.185. The molecule has 1 atom stereocenters. The fourth-order valence-corrected chi connectivity index (χ4v) is 3.29. The molecule has 1 aliphatic rings. The zero-order valence-electron chi connectivity index (χ0n) is 14.0. The fourth-order valence-electron chi connectivity index (χ4n) is 3.29. The van der Waals surface area contributed by atoms with Gasteiger partial charge in [0.15, 0.2) is 0 Å². The molecular weight excluding hydrogens is 260 g/mol. The lowest BCUT2D eigenvalue weighted by atomic mass is 9.96. The monoisotopic (exact) mass is 294 g/mol. The molecule has 0 saturated heterocycles. The highest BCUT2D eigenvalue weighted by atomic mass is 16.2. The molecule has 2 heteroatoms. The molecule has 21 heavy (non-hydrogen) atoms. The van der Waals surface area contributed by atoms with Gasteiger partial charge in [0.25, 0.3) is 0 Å². The van der Waals surface area contributed by atoms with E-state index in [0.29, 0.717) is 12.8 Å². The van der Waals surface area contributed by atoms with Crippen LogP contribution in [0.4, 0.5) is 0 Å². The van der Waals surface area contributed by atoms with Crippen LogP contribution in [0.1, 0.15) is 103 Å². The summed E-state index contributed by atoms with van der Waals surface area (Å²) in [5.41, 5.74) is 0. The van der Waals surface area contributed by atoms with Crippen LogP contribution < -0.4 is 0 Å². The first kappa shape index (κ1) is 18.4. The summed E-state index contributed by atoms with van der Waals surface area (Å²) < 4.78 is 0. The van der Waals surface area contributed by atoms with Gasteiger partial charge in [0, 0.05) is 12.8 Å². The highest BCUT2D eigenvalue weighted by Gasteiger charge is 2.29. The van der Waals surface area contributed by atoms with Crippen molar-refractivity contribution in [2.24, 2.45) is 5.92 Å². The van der Waals surface area contributed by atoms with Crippen molar-refractivity contribution in [3.8, 4) is 0 Å². The molecule has 0 N–H and O–H groups in total. The Morgan fingerprint density at radius 3 is 1.90 bits per heavy atom. The van der Waals surface area contributed by atoms with E-state index in [4.69, 9.17) is 0 Å². The molecule has 1 fully saturated rings. The Labute approximate surface area is 131 Å². The maximum Gasteiger partial charge on any atom is 0.143 e. The lowest BCUT2D eigenvalue weighted by molar-refractivity contribution is -0.130. The second-order valence-corrected chi connectivity index (χ2v) is 6.66. The van der Waals surface area contributed by atoms with E-state index < -0.39 is 0 Å². The highest BCUT2D eigenvalue weighted by molar-refractivity contribution is 6.03. The van der Waals surface area contributed by atoms with Crippen molar-refractivity contribution < 1.29 is 9.59 Å². The Balaban J connectivity index is 1.84. The Hall–Kier alpha value is -0.660. The van der Waals surface area contributed by atoms with Crippen molar-refractivity contribution in [1.29, 1.82) is 0 Å². The van der Waals surface area contributed by atoms with Crippen molar-refractivity contribution in [3.05, 3.63) is 0 Å². The first-order valence-electron chi connectivity index (χ1n) is 9.31. The SMILES string of the molecule is CCCCCCCCCCCCCC(=O)C1CCCC1=O. The number of rotatable bonds is 13. The lowest BCUT2D eigenvalue weighted by Gasteiger charge is -2.06. The number of Topliss-reactive ketones (excluding diaryl/α,β-unsaturated/α-hetero) is 2. The van der Waals surface area contributed by atoms with Crippen LogP contribution in [-0.4, -0.2) is 11.6 Å². The van der Waals surface area contributed by atoms with Crippen LogP contribution in [-0.2, 0) is 9.59 Å². The van der Waals surface area contributed by atoms with E-state index in [9.17, 15) is 9.59 Å². The van der Waals surface area contributed by atoms with Crippen LogP contribution in [0.3, 0.4) is 0 Å². The number of hydrogen-bond donors (Lipinski definition) is 0. The third-order valence-corrected chi connectivity index (χ3v) is 4.72. The first-order chi connectivity index (χ1) is 10.3. The molecule has 0 heterocycles. The topological polar surface area (TPSA) is 34.1 Å². The van der Waals surface area contributed by atoms with E-state index in [1.54, 1.807) is 0 Å². The van der Waals surface area contributed by atoms with Gasteiger partial charge in [0.05, 0.1) is 5.92 Å². The summed E-state index contributed by atoms with van der Waals surface area (Å²) in [5, 5.41) is 0. The fraction of sp³-hybridized carbons (Fsp3) is 0.895. The molecule has 0 amide bonds. The summed E-state index contributed by atoms with van der Waals surface area (Å²) in [6.07, 6.45) is 17.3. The Morgan fingerprint density at radius 2 is 1.43 bits per heavy atom. The second-order valence-electron chi connectivity index (χ2n) is 6.66. The molecular formula is C19H34O2. The molecule has 0 aromatic carbocycles. The van der Waals surface area contributed by atoms with E-state index in [1.807, 2.05) is 0 Å². The molecule has 2 nitrogen and oxygen atoms in total. The largest absolute Gasteiger partial charge is 0.299 e. The zero-order valence-corrected chi connectivity index (χ0v) is 14.0. The summed E-state index contributed by atoms with van der Waals surface area (Å²) in [7, 11) is 0. The van der Waals surface area contributed by atoms with Crippen molar-refractivity contribution in [1.82, 2.24) is 0 Å². The van der Waals surface area contributed by atoms with Gasteiger partial charge < -0.3 is 0 Å². The maximum absolute atomic E-state index is 11.9. The summed E-state index contributed by atoms with van der Waals surface area (Å²) in [4.78, 5) is 23.4. The predicted octanol–water partition coefficient (Wildman–Crippen LogP) is 5.63. The second kappa shape index (κ2) is 11.9. The number of hydrogen-bond acceptors (Lipinski definition) is 2. The van der Waals surface area contributed by atoms with E-state index in [-0.39, 0.29) is 17.5 Å². The van der Waals surface area contributed by atoms with E-state index >= 15 is 0 Å². The Kier molecular flexibility index (Phi) is 10.5. The quantitative estimate of drug-likeness (QED) is 0.326. The average Bonchev–Trinajstić information content (AvgIpc) is 2.91. The van der Waals surface area contributed by atoms with E-state index in [1.165, 1.54) is 57.8 Å². The van der Waals surface area contributed by atoms with Gasteiger partial charge in [-0.1, -0.05) is 71.1 Å². The average molecular weight is 294 g/mol. The van der Waals surface area contributed by atoms with Crippen molar-refractivity contribution in [2.45, 2.75) is 103 Å². The van der Waals surface area contributed by atoms with Crippen LogP contribution in [0.2, 0.25) is 0 Å². The van der Waals surface area contributed by atoms with Crippen molar-refractivity contribution >= 4 is 11.6 Å². The number of carbonyl (C=O) groups excluding carboxylic acids is 2. The number of unbranched alkanes of at least 4 members (excludes halogenated alkanes) is 10. The Morgan fingerprint density at radius 1 is 0.905 bits per heavy atom. The molecule has 1 saturated carbocycles. The van der Waals surface area contributed by atoms with Crippen molar-refractivity contribution in [3.63, 3.8) is 0 Å². The maximum atomic E-state index is 11.9. The summed E-state index contributed by atoms with van der Waals surface area (Å²) >= 11 is 0. The highest BCUT2D eigenvalue weighted by Crippen LogP contribution is 2.24. The smallest absolute Gasteiger partial charge is 0.143 e. The van der Waals surface area contributed by atoms with Gasteiger partial charge >= 0.3 is 0 Å². The van der Waals surface area contributed by atoms with Gasteiger partial charge in [-0.2, -0.15) is 0 Å². The van der Waals surface area contributed by atoms with E-state index in [2.05, 4.69) is 6.92 Å². The van der Waals surface area contributed by atoms with Gasteiger partial charge in [-0.25, -0.2) is 0 Å². The number of carbonyl (C=O) groups is 2. The standard InChI is InChI=1S/C19H34O2/c1-2-3-4-5-6-7-8-9-10-11-12-15-18(20)17-14-13-16-19(17)21/h17H,2-16H2,1H3. The third-order valence-electron chi connectivity index (χ3n) is 4.72. The third kappa shape index (κ3) is 8.38. The normalized spacial score (nSPS) is 18.3. The van der Waals surface area contributed by atoms with Crippen LogP contribution in [0.5, 0.6) is 0 Å². The van der Waals surface area contributed by atoms with Crippen LogP contribution in [0.15, 0.2) is 0 Å². The summed E-state index contributed by atoms with van der Waals surface area (Å²) in [6.45, 7) is 2.26. The zero-order chi connectivity index (χ0) is 15.3. The lowest BCUT2D eigenvalue weighted by Crippen LogP contribution is -2.18. The number of ketones is 2. The summed E-state index contributed by atoms with van der Waals surface area (Å²) in [6, 6.07) is 0. The molecule has 1 rings (SSSR count).